The zero-order valence-corrected chi connectivity index (χ0v) is 14.7. The van der Waals surface area contributed by atoms with E-state index in [1.54, 1.807) is 30.8 Å². The number of esters is 1. The molecule has 25 heavy (non-hydrogen) atoms. The third-order valence-electron chi connectivity index (χ3n) is 3.55. The second-order valence-corrected chi connectivity index (χ2v) is 5.30. The highest BCUT2D eigenvalue weighted by Gasteiger charge is 2.19. The average molecular weight is 365 g/mol. The highest BCUT2D eigenvalue weighted by molar-refractivity contribution is 6.19. The fraction of sp³-hybridized carbons (Fsp3) is 0.250. The summed E-state index contributed by atoms with van der Waals surface area (Å²) in [6, 6.07) is 9.01. The van der Waals surface area contributed by atoms with Crippen LogP contribution >= 0.6 is 11.6 Å². The van der Waals surface area contributed by atoms with Gasteiger partial charge in [-0.3, -0.25) is 9.48 Å². The van der Waals surface area contributed by atoms with Gasteiger partial charge >= 0.3 is 5.97 Å². The highest BCUT2D eigenvalue weighted by atomic mass is 35.5. The Morgan fingerprint density at radius 3 is 2.52 bits per heavy atom. The van der Waals surface area contributed by atoms with Gasteiger partial charge in [0, 0.05) is 7.05 Å². The van der Waals surface area contributed by atoms with Crippen LogP contribution < -0.4 is 5.56 Å². The average Bonchev–Trinajstić information content (AvgIpc) is 2.84. The lowest BCUT2D eigenvalue weighted by atomic mass is 10.3. The maximum atomic E-state index is 12.7. The third-order valence-corrected chi connectivity index (χ3v) is 3.81. The number of alkyl halides is 1. The van der Waals surface area contributed by atoms with Gasteiger partial charge in [-0.05, 0) is 19.1 Å². The summed E-state index contributed by atoms with van der Waals surface area (Å²) in [5.41, 5.74) is 0.366. The number of para-hydroxylation sites is 1. The van der Waals surface area contributed by atoms with Gasteiger partial charge in [0.05, 0.1) is 24.4 Å². The summed E-state index contributed by atoms with van der Waals surface area (Å²) < 4.78 is 7.57. The minimum Gasteiger partial charge on any atom is -0.508 e. The summed E-state index contributed by atoms with van der Waals surface area (Å²) in [7, 11) is 2.84. The maximum absolute atomic E-state index is 12.7. The van der Waals surface area contributed by atoms with Crippen molar-refractivity contribution < 1.29 is 14.6 Å². The molecule has 9 heteroatoms. The molecule has 2 aromatic rings. The van der Waals surface area contributed by atoms with Crippen LogP contribution in [0, 0.1) is 6.92 Å². The molecule has 1 aromatic carbocycles. The number of ether oxygens (including phenoxy) is 1. The Kier molecular flexibility index (Phi) is 5.76. The number of carbonyl (C=O) groups is 1. The fourth-order valence-corrected chi connectivity index (χ4v) is 2.27. The Bertz CT molecular complexity index is 897. The lowest BCUT2D eigenvalue weighted by Crippen LogP contribution is -2.19. The highest BCUT2D eigenvalue weighted by Crippen LogP contribution is 2.19. The largest absolute Gasteiger partial charge is 0.508 e. The van der Waals surface area contributed by atoms with Crippen molar-refractivity contribution in [1.29, 1.82) is 0 Å². The van der Waals surface area contributed by atoms with E-state index in [2.05, 4.69) is 15.0 Å². The number of aliphatic hydroxyl groups excluding tert-OH is 1. The summed E-state index contributed by atoms with van der Waals surface area (Å²) >= 11 is 5.51. The van der Waals surface area contributed by atoms with Crippen LogP contribution in [0.15, 0.2) is 56.8 Å². The Hall–Kier alpha value is -2.87. The van der Waals surface area contributed by atoms with Gasteiger partial charge < -0.3 is 9.84 Å². The Morgan fingerprint density at radius 2 is 1.96 bits per heavy atom. The predicted molar refractivity (Wildman–Crippen MR) is 92.7 cm³/mol. The normalized spacial score (nSPS) is 12.3. The van der Waals surface area contributed by atoms with Crippen LogP contribution in [0.1, 0.15) is 5.69 Å². The molecule has 0 spiro atoms. The van der Waals surface area contributed by atoms with Crippen molar-refractivity contribution in [3.63, 3.8) is 0 Å². The minimum absolute atomic E-state index is 0.0372. The number of hydrogen-bond donors (Lipinski definition) is 1. The molecule has 0 radical (unpaired) electrons. The van der Waals surface area contributed by atoms with E-state index in [9.17, 15) is 14.7 Å². The summed E-state index contributed by atoms with van der Waals surface area (Å²) in [5, 5.41) is 17.2. The molecule has 0 fully saturated rings. The van der Waals surface area contributed by atoms with Crippen molar-refractivity contribution in [1.82, 2.24) is 9.36 Å². The standard InChI is InChI=1S/C16H17ClN4O4/c1-10-13(18-19-14(12(22)9-17)16(24)25-3)15(23)21(20(10)2)11-7-5-4-6-8-11/h4-8,22H,9H2,1-3H3. The minimum atomic E-state index is -0.904. The number of allylic oxidation sites excluding steroid dienone is 1. The number of carbonyl (C=O) groups excluding carboxylic acids is 1. The fourth-order valence-electron chi connectivity index (χ4n) is 2.15. The second-order valence-electron chi connectivity index (χ2n) is 5.03. The van der Waals surface area contributed by atoms with E-state index >= 15 is 0 Å². The monoisotopic (exact) mass is 364 g/mol. The molecule has 0 bridgehead atoms. The number of methoxy groups -OCH3 is 1. The van der Waals surface area contributed by atoms with Crippen LogP contribution in [-0.4, -0.2) is 33.4 Å². The van der Waals surface area contributed by atoms with Gasteiger partial charge in [-0.15, -0.1) is 21.8 Å². The second kappa shape index (κ2) is 7.80. The van der Waals surface area contributed by atoms with E-state index < -0.39 is 23.0 Å². The Labute approximate surface area is 148 Å². The lowest BCUT2D eigenvalue weighted by molar-refractivity contribution is -0.136. The van der Waals surface area contributed by atoms with E-state index in [4.69, 9.17) is 11.6 Å². The number of aromatic nitrogens is 2. The molecule has 8 nitrogen and oxygen atoms in total. The van der Waals surface area contributed by atoms with Crippen molar-refractivity contribution in [2.24, 2.45) is 17.3 Å². The van der Waals surface area contributed by atoms with Crippen LogP contribution in [0.25, 0.3) is 5.69 Å². The van der Waals surface area contributed by atoms with Gasteiger partial charge in [-0.1, -0.05) is 18.2 Å². The van der Waals surface area contributed by atoms with E-state index in [-0.39, 0.29) is 11.6 Å². The quantitative estimate of drug-likeness (QED) is 0.290. The van der Waals surface area contributed by atoms with E-state index in [1.165, 1.54) is 4.68 Å². The number of halogens is 1. The molecule has 0 saturated heterocycles. The van der Waals surface area contributed by atoms with Crippen LogP contribution in [0.5, 0.6) is 0 Å². The first kappa shape index (κ1) is 18.5. The number of hydrogen-bond acceptors (Lipinski definition) is 6. The SMILES string of the molecule is COC(=O)C(N=Nc1c(C)n(C)n(-c2ccccc2)c1=O)=C(O)CCl. The first-order chi connectivity index (χ1) is 11.9. The van der Waals surface area contributed by atoms with Gasteiger partial charge in [-0.2, -0.15) is 0 Å². The molecule has 0 unspecified atom stereocenters. The molecule has 132 valence electrons. The number of benzene rings is 1. The molecule has 1 N–H and O–H groups in total. The van der Waals surface area contributed by atoms with E-state index in [0.717, 1.165) is 7.11 Å². The summed E-state index contributed by atoms with van der Waals surface area (Å²) in [6.45, 7) is 1.69. The van der Waals surface area contributed by atoms with E-state index in [1.807, 2.05) is 18.2 Å². The molecule has 0 atom stereocenters. The summed E-state index contributed by atoms with van der Waals surface area (Å²) in [5.74, 6) is -1.74. The van der Waals surface area contributed by atoms with Gasteiger partial charge in [0.25, 0.3) is 5.56 Å². The first-order valence-electron chi connectivity index (χ1n) is 7.24. The zero-order valence-electron chi connectivity index (χ0n) is 13.9. The third kappa shape index (κ3) is 3.63. The number of aliphatic hydroxyl groups is 1. The smallest absolute Gasteiger partial charge is 0.362 e. The summed E-state index contributed by atoms with van der Waals surface area (Å²) in [4.78, 5) is 24.3. The van der Waals surface area contributed by atoms with E-state index in [0.29, 0.717) is 11.4 Å². The molecule has 2 rings (SSSR count). The number of nitrogens with zero attached hydrogens (tertiary/aromatic N) is 4. The molecule has 0 saturated carbocycles. The maximum Gasteiger partial charge on any atom is 0.362 e. The zero-order chi connectivity index (χ0) is 18.6. The predicted octanol–water partition coefficient (Wildman–Crippen LogP) is 2.75. The van der Waals surface area contributed by atoms with Gasteiger partial charge in [0.2, 0.25) is 5.70 Å². The molecule has 0 aliphatic carbocycles. The number of rotatable bonds is 5. The van der Waals surface area contributed by atoms with Crippen molar-refractivity contribution in [3.8, 4) is 5.69 Å². The van der Waals surface area contributed by atoms with Gasteiger partial charge in [0.15, 0.2) is 5.69 Å². The van der Waals surface area contributed by atoms with Crippen molar-refractivity contribution in [2.45, 2.75) is 6.92 Å². The summed E-state index contributed by atoms with van der Waals surface area (Å²) in [6.07, 6.45) is 0. The topological polar surface area (TPSA) is 98.2 Å². The Balaban J connectivity index is 2.55. The van der Waals surface area contributed by atoms with Crippen molar-refractivity contribution in [2.75, 3.05) is 13.0 Å². The van der Waals surface area contributed by atoms with Crippen LogP contribution in [0.4, 0.5) is 5.69 Å². The van der Waals surface area contributed by atoms with Crippen molar-refractivity contribution in [3.05, 3.63) is 57.8 Å². The van der Waals surface area contributed by atoms with Crippen molar-refractivity contribution >= 4 is 23.3 Å². The Morgan fingerprint density at radius 1 is 1.32 bits per heavy atom. The molecular weight excluding hydrogens is 348 g/mol. The molecule has 1 aromatic heterocycles. The van der Waals surface area contributed by atoms with Gasteiger partial charge in [0.1, 0.15) is 5.76 Å². The van der Waals surface area contributed by atoms with Crippen LogP contribution in [0.2, 0.25) is 0 Å². The number of azo groups is 1. The van der Waals surface area contributed by atoms with Gasteiger partial charge in [-0.25, -0.2) is 9.48 Å². The molecule has 1 heterocycles. The molecule has 0 aliphatic heterocycles. The molecule has 0 aliphatic rings. The van der Waals surface area contributed by atoms with Crippen LogP contribution in [0.3, 0.4) is 0 Å². The lowest BCUT2D eigenvalue weighted by Gasteiger charge is -2.07. The molecular formula is C16H17ClN4O4. The molecule has 0 amide bonds. The van der Waals surface area contributed by atoms with Crippen LogP contribution in [-0.2, 0) is 16.6 Å². The first-order valence-corrected chi connectivity index (χ1v) is 7.78.